The molecule has 9 heavy (non-hydrogen) atoms. The summed E-state index contributed by atoms with van der Waals surface area (Å²) in [5, 5.41) is 0. The smallest absolute Gasteiger partial charge is 0.160 e. The molecular weight excluding hydrogens is 222 g/mol. The molecule has 56 valence electrons. The molecule has 0 rings (SSSR count). The second-order valence-corrected chi connectivity index (χ2v) is 5.56. The summed E-state index contributed by atoms with van der Waals surface area (Å²) >= 11 is 25.6. The molecular formula is C4H6Cl4S. The average molecular weight is 228 g/mol. The number of hydrogen-bond donors (Lipinski definition) is 1. The molecule has 0 N–H and O–H groups in total. The van der Waals surface area contributed by atoms with Crippen molar-refractivity contribution in [2.45, 2.75) is 21.3 Å². The molecule has 0 heterocycles. The van der Waals surface area contributed by atoms with Gasteiger partial charge in [0, 0.05) is 0 Å². The van der Waals surface area contributed by atoms with Gasteiger partial charge < -0.3 is 0 Å². The molecule has 0 aromatic carbocycles. The van der Waals surface area contributed by atoms with E-state index in [0.29, 0.717) is 12.8 Å². The Kier molecular flexibility index (Phi) is 5.14. The molecule has 0 aromatic rings. The molecule has 0 fully saturated rings. The maximum atomic E-state index is 5.47. The molecule has 0 amide bonds. The molecule has 0 aromatic heterocycles. The second-order valence-electron chi connectivity index (χ2n) is 1.59. The van der Waals surface area contributed by atoms with Crippen molar-refractivity contribution in [3.8, 4) is 0 Å². The fourth-order valence-corrected chi connectivity index (χ4v) is 0.848. The van der Waals surface area contributed by atoms with Gasteiger partial charge in [0.05, 0.1) is 4.71 Å². The fourth-order valence-electron chi connectivity index (χ4n) is 0.283. The van der Waals surface area contributed by atoms with E-state index in [1.165, 1.54) is 0 Å². The van der Waals surface area contributed by atoms with Crippen molar-refractivity contribution >= 4 is 59.0 Å². The van der Waals surface area contributed by atoms with Crippen LogP contribution in [-0.4, -0.2) is 8.50 Å². The molecule has 0 spiro atoms. The summed E-state index contributed by atoms with van der Waals surface area (Å²) in [6.07, 6.45) is 1.04. The monoisotopic (exact) mass is 226 g/mol. The SMILES string of the molecule is SC(Cl)CCC(Cl)(Cl)Cl. The number of rotatable bonds is 2. The van der Waals surface area contributed by atoms with Crippen LogP contribution in [0.15, 0.2) is 0 Å². The summed E-state index contributed by atoms with van der Waals surface area (Å²) in [5.74, 6) is 0. The van der Waals surface area contributed by atoms with Crippen LogP contribution < -0.4 is 0 Å². The minimum absolute atomic E-state index is 0.222. The Labute approximate surface area is 80.2 Å². The number of halogens is 4. The highest BCUT2D eigenvalue weighted by molar-refractivity contribution is 7.82. The van der Waals surface area contributed by atoms with Gasteiger partial charge in [-0.2, -0.15) is 12.6 Å². The van der Waals surface area contributed by atoms with Crippen LogP contribution in [0.5, 0.6) is 0 Å². The zero-order valence-corrected chi connectivity index (χ0v) is 8.37. The zero-order valence-electron chi connectivity index (χ0n) is 4.45. The quantitative estimate of drug-likeness (QED) is 0.541. The van der Waals surface area contributed by atoms with Crippen molar-refractivity contribution in [2.75, 3.05) is 0 Å². The van der Waals surface area contributed by atoms with Crippen molar-refractivity contribution in [1.29, 1.82) is 0 Å². The lowest BCUT2D eigenvalue weighted by molar-refractivity contribution is 0.809. The summed E-state index contributed by atoms with van der Waals surface area (Å²) in [6.45, 7) is 0. The molecule has 0 aliphatic rings. The van der Waals surface area contributed by atoms with Gasteiger partial charge in [0.15, 0.2) is 3.79 Å². The van der Waals surface area contributed by atoms with Gasteiger partial charge in [-0.15, -0.1) is 11.6 Å². The summed E-state index contributed by atoms with van der Waals surface area (Å²) < 4.78 is -1.41. The summed E-state index contributed by atoms with van der Waals surface area (Å²) in [6, 6.07) is 0. The Balaban J connectivity index is 3.28. The van der Waals surface area contributed by atoms with E-state index in [9.17, 15) is 0 Å². The maximum Gasteiger partial charge on any atom is 0.190 e. The number of alkyl halides is 4. The first-order valence-corrected chi connectivity index (χ1v) is 4.39. The summed E-state index contributed by atoms with van der Waals surface area (Å²) in [7, 11) is 0. The third-order valence-electron chi connectivity index (χ3n) is 0.666. The Morgan fingerprint density at radius 2 is 1.78 bits per heavy atom. The van der Waals surface area contributed by atoms with E-state index >= 15 is 0 Å². The Bertz CT molecular complexity index is 77.1. The predicted octanol–water partition coefficient (Wildman–Crippen LogP) is 3.63. The van der Waals surface area contributed by atoms with Gasteiger partial charge in [0.2, 0.25) is 0 Å². The largest absolute Gasteiger partial charge is 0.190 e. The molecule has 0 nitrogen and oxygen atoms in total. The first kappa shape index (κ1) is 10.5. The van der Waals surface area contributed by atoms with Crippen LogP contribution in [0.25, 0.3) is 0 Å². The van der Waals surface area contributed by atoms with E-state index in [4.69, 9.17) is 46.4 Å². The first-order valence-electron chi connectivity index (χ1n) is 2.31. The Hall–Kier alpha value is 1.51. The fraction of sp³-hybridized carbons (Fsp3) is 1.00. The molecule has 1 atom stereocenters. The van der Waals surface area contributed by atoms with E-state index in [-0.39, 0.29) is 4.71 Å². The van der Waals surface area contributed by atoms with Gasteiger partial charge in [-0.1, -0.05) is 34.8 Å². The van der Waals surface area contributed by atoms with Gasteiger partial charge >= 0.3 is 0 Å². The minimum Gasteiger partial charge on any atom is -0.160 e. The minimum atomic E-state index is -1.18. The molecule has 0 aliphatic heterocycles. The Morgan fingerprint density at radius 3 is 1.89 bits per heavy atom. The zero-order chi connectivity index (χ0) is 7.49. The van der Waals surface area contributed by atoms with Gasteiger partial charge in [-0.3, -0.25) is 0 Å². The normalized spacial score (nSPS) is 15.7. The molecule has 0 aliphatic carbocycles. The molecule has 5 heteroatoms. The third kappa shape index (κ3) is 9.51. The Morgan fingerprint density at radius 1 is 1.33 bits per heavy atom. The van der Waals surface area contributed by atoms with Crippen LogP contribution >= 0.6 is 59.0 Å². The highest BCUT2D eigenvalue weighted by Crippen LogP contribution is 2.32. The third-order valence-corrected chi connectivity index (χ3v) is 1.71. The van der Waals surface area contributed by atoms with Crippen LogP contribution in [0.2, 0.25) is 0 Å². The highest BCUT2D eigenvalue weighted by Gasteiger charge is 2.19. The van der Waals surface area contributed by atoms with E-state index in [1.54, 1.807) is 0 Å². The van der Waals surface area contributed by atoms with Gasteiger partial charge in [0.25, 0.3) is 0 Å². The van der Waals surface area contributed by atoms with E-state index in [0.717, 1.165) is 0 Å². The van der Waals surface area contributed by atoms with Gasteiger partial charge in [-0.25, -0.2) is 0 Å². The highest BCUT2D eigenvalue weighted by atomic mass is 35.6. The van der Waals surface area contributed by atoms with E-state index < -0.39 is 3.79 Å². The van der Waals surface area contributed by atoms with Crippen molar-refractivity contribution in [3.63, 3.8) is 0 Å². The van der Waals surface area contributed by atoms with Crippen LogP contribution in [0.3, 0.4) is 0 Å². The van der Waals surface area contributed by atoms with Crippen LogP contribution in [0.4, 0.5) is 0 Å². The van der Waals surface area contributed by atoms with Gasteiger partial charge in [-0.05, 0) is 12.8 Å². The molecule has 0 saturated heterocycles. The molecule has 1 unspecified atom stereocenters. The lowest BCUT2D eigenvalue weighted by Crippen LogP contribution is -2.03. The standard InChI is InChI=1S/C4H6Cl4S/c5-3(9)1-2-4(6,7)8/h3,9H,1-2H2. The molecule has 0 saturated carbocycles. The van der Waals surface area contributed by atoms with Crippen LogP contribution in [0, 0.1) is 0 Å². The number of thiol groups is 1. The summed E-state index contributed by atoms with van der Waals surface area (Å²) in [4.78, 5) is 0. The lowest BCUT2D eigenvalue weighted by Gasteiger charge is -2.09. The second kappa shape index (κ2) is 4.40. The van der Waals surface area contributed by atoms with E-state index in [2.05, 4.69) is 12.6 Å². The van der Waals surface area contributed by atoms with Crippen molar-refractivity contribution in [3.05, 3.63) is 0 Å². The van der Waals surface area contributed by atoms with Crippen LogP contribution in [-0.2, 0) is 0 Å². The van der Waals surface area contributed by atoms with Crippen LogP contribution in [0.1, 0.15) is 12.8 Å². The number of hydrogen-bond acceptors (Lipinski definition) is 1. The lowest BCUT2D eigenvalue weighted by atomic mass is 10.4. The first-order chi connectivity index (χ1) is 3.92. The molecule has 0 bridgehead atoms. The predicted molar refractivity (Wildman–Crippen MR) is 48.2 cm³/mol. The van der Waals surface area contributed by atoms with Crippen molar-refractivity contribution < 1.29 is 0 Å². The topological polar surface area (TPSA) is 0 Å². The molecule has 0 radical (unpaired) electrons. The van der Waals surface area contributed by atoms with Crippen molar-refractivity contribution in [1.82, 2.24) is 0 Å². The summed E-state index contributed by atoms with van der Waals surface area (Å²) in [5.41, 5.74) is 0. The van der Waals surface area contributed by atoms with Gasteiger partial charge in [0.1, 0.15) is 0 Å². The van der Waals surface area contributed by atoms with E-state index in [1.807, 2.05) is 0 Å². The average Bonchev–Trinajstić information content (AvgIpc) is 1.59. The maximum absolute atomic E-state index is 5.47. The van der Waals surface area contributed by atoms with Crippen molar-refractivity contribution in [2.24, 2.45) is 0 Å².